The highest BCUT2D eigenvalue weighted by molar-refractivity contribution is 5.98. The lowest BCUT2D eigenvalue weighted by Crippen LogP contribution is -2.26. The van der Waals surface area contributed by atoms with Crippen LogP contribution in [-0.2, 0) is 10.8 Å². The Labute approximate surface area is 387 Å². The molecule has 0 heterocycles. The fourth-order valence-electron chi connectivity index (χ4n) is 11.7. The van der Waals surface area contributed by atoms with Crippen LogP contribution in [0.2, 0.25) is 0 Å². The summed E-state index contributed by atoms with van der Waals surface area (Å²) < 4.78 is 0. The molecule has 0 aliphatic heterocycles. The fraction of sp³-hybridized carbons (Fsp3) is 0.0625. The van der Waals surface area contributed by atoms with Crippen molar-refractivity contribution in [2.24, 2.45) is 0 Å². The minimum absolute atomic E-state index is 0.125. The van der Waals surface area contributed by atoms with Gasteiger partial charge in [-0.05, 0) is 151 Å². The molecular weight excluding hydrogens is 797 g/mol. The maximum absolute atomic E-state index is 2.51. The smallest absolute Gasteiger partial charge is 0.0727 e. The Kier molecular flexibility index (Phi) is 8.51. The van der Waals surface area contributed by atoms with E-state index in [1.54, 1.807) is 0 Å². The molecule has 1 spiro atoms. The molecule has 1 atom stereocenters. The predicted molar refractivity (Wildman–Crippen MR) is 275 cm³/mol. The van der Waals surface area contributed by atoms with E-state index in [1.807, 2.05) is 0 Å². The zero-order valence-corrected chi connectivity index (χ0v) is 37.0. The number of nitrogens with zero attached hydrogens (tertiary/aromatic N) is 2. The van der Waals surface area contributed by atoms with Gasteiger partial charge in [0.1, 0.15) is 0 Å². The first-order valence-electron chi connectivity index (χ1n) is 23.1. The molecule has 10 aromatic rings. The standard InChI is InChI=1S/C64H46N2/c1-63(2)57-27-15-12-24-51(57)54-37-34-48(40-60(54)63)66(46-22-10-5-11-23-46)50-36-39-56-53-26-14-17-29-59(53)64(62(56)42-50)58-28-16-13-25-52(58)55-38-35-49(41-61(55)64)65(45-20-8-4-9-21-45)47-32-30-44(31-33-47)43-18-6-3-7-19-43/h3-42H,1-2H3. The summed E-state index contributed by atoms with van der Waals surface area (Å²) in [5, 5.41) is 0. The summed E-state index contributed by atoms with van der Waals surface area (Å²) in [4.78, 5) is 4.87. The van der Waals surface area contributed by atoms with E-state index in [1.165, 1.54) is 77.9 Å². The summed E-state index contributed by atoms with van der Waals surface area (Å²) in [6.07, 6.45) is 0. The first-order chi connectivity index (χ1) is 32.5. The number of anilines is 6. The number of fused-ring (bicyclic) bond motifs is 13. The zero-order chi connectivity index (χ0) is 44.0. The number of hydrogen-bond acceptors (Lipinski definition) is 2. The van der Waals surface area contributed by atoms with Crippen LogP contribution >= 0.6 is 0 Å². The van der Waals surface area contributed by atoms with E-state index in [2.05, 4.69) is 266 Å². The number of para-hydroxylation sites is 2. The third kappa shape index (κ3) is 5.55. The molecule has 3 aliphatic carbocycles. The molecule has 0 N–H and O–H groups in total. The minimum Gasteiger partial charge on any atom is -0.310 e. The molecule has 312 valence electrons. The summed E-state index contributed by atoms with van der Waals surface area (Å²) >= 11 is 0. The van der Waals surface area contributed by atoms with E-state index in [-0.39, 0.29) is 5.41 Å². The molecule has 0 radical (unpaired) electrons. The third-order valence-electron chi connectivity index (χ3n) is 14.7. The number of hydrogen-bond donors (Lipinski definition) is 0. The second-order valence-corrected chi connectivity index (χ2v) is 18.5. The molecule has 0 amide bonds. The number of benzene rings is 10. The summed E-state index contributed by atoms with van der Waals surface area (Å²) in [5.41, 5.74) is 24.2. The Balaban J connectivity index is 1.02. The quantitative estimate of drug-likeness (QED) is 0.158. The maximum atomic E-state index is 2.51. The highest BCUT2D eigenvalue weighted by Gasteiger charge is 2.52. The minimum atomic E-state index is -0.562. The van der Waals surface area contributed by atoms with E-state index in [9.17, 15) is 0 Å². The van der Waals surface area contributed by atoms with Gasteiger partial charge in [0.15, 0.2) is 0 Å². The average Bonchev–Trinajstić information content (AvgIpc) is 3.93. The van der Waals surface area contributed by atoms with Crippen LogP contribution in [0.3, 0.4) is 0 Å². The van der Waals surface area contributed by atoms with Gasteiger partial charge < -0.3 is 9.80 Å². The van der Waals surface area contributed by atoms with Gasteiger partial charge in [0.05, 0.1) is 5.41 Å². The normalized spacial score (nSPS) is 15.3. The van der Waals surface area contributed by atoms with Crippen LogP contribution in [0.5, 0.6) is 0 Å². The molecule has 0 aromatic heterocycles. The van der Waals surface area contributed by atoms with Crippen LogP contribution in [0.1, 0.15) is 47.2 Å². The van der Waals surface area contributed by atoms with Gasteiger partial charge in [-0.1, -0.05) is 184 Å². The lowest BCUT2D eigenvalue weighted by Gasteiger charge is -2.33. The van der Waals surface area contributed by atoms with E-state index in [4.69, 9.17) is 0 Å². The molecular formula is C64H46N2. The zero-order valence-electron chi connectivity index (χ0n) is 37.0. The monoisotopic (exact) mass is 842 g/mol. The number of rotatable bonds is 7. The molecule has 10 aromatic carbocycles. The van der Waals surface area contributed by atoms with Gasteiger partial charge in [-0.3, -0.25) is 0 Å². The molecule has 2 heteroatoms. The van der Waals surface area contributed by atoms with Crippen LogP contribution in [0.25, 0.3) is 44.5 Å². The summed E-state index contributed by atoms with van der Waals surface area (Å²) in [6.45, 7) is 4.74. The summed E-state index contributed by atoms with van der Waals surface area (Å²) in [5.74, 6) is 0. The van der Waals surface area contributed by atoms with E-state index in [0.717, 1.165) is 34.1 Å². The van der Waals surface area contributed by atoms with Crippen molar-refractivity contribution < 1.29 is 0 Å². The van der Waals surface area contributed by atoms with Crippen molar-refractivity contribution in [1.29, 1.82) is 0 Å². The second kappa shape index (κ2) is 14.7. The fourth-order valence-corrected chi connectivity index (χ4v) is 11.7. The van der Waals surface area contributed by atoms with Gasteiger partial charge in [0.25, 0.3) is 0 Å². The maximum Gasteiger partial charge on any atom is 0.0727 e. The Morgan fingerprint density at radius 1 is 0.242 bits per heavy atom. The van der Waals surface area contributed by atoms with E-state index < -0.39 is 5.41 Å². The molecule has 1 unspecified atom stereocenters. The van der Waals surface area contributed by atoms with Crippen molar-refractivity contribution in [3.8, 4) is 44.5 Å². The van der Waals surface area contributed by atoms with Crippen molar-refractivity contribution >= 4 is 34.1 Å². The van der Waals surface area contributed by atoms with Crippen molar-refractivity contribution in [1.82, 2.24) is 0 Å². The third-order valence-corrected chi connectivity index (χ3v) is 14.7. The Morgan fingerprint density at radius 3 is 1.06 bits per heavy atom. The first kappa shape index (κ1) is 38.3. The highest BCUT2D eigenvalue weighted by Crippen LogP contribution is 2.64. The van der Waals surface area contributed by atoms with Crippen molar-refractivity contribution in [2.45, 2.75) is 24.7 Å². The highest BCUT2D eigenvalue weighted by atomic mass is 15.1. The Bertz CT molecular complexity index is 3490. The van der Waals surface area contributed by atoms with Gasteiger partial charge in [-0.2, -0.15) is 0 Å². The lowest BCUT2D eigenvalue weighted by atomic mass is 9.70. The largest absolute Gasteiger partial charge is 0.310 e. The Hall–Kier alpha value is -8.20. The van der Waals surface area contributed by atoms with Crippen molar-refractivity contribution in [3.63, 3.8) is 0 Å². The molecule has 0 bridgehead atoms. The van der Waals surface area contributed by atoms with E-state index >= 15 is 0 Å². The van der Waals surface area contributed by atoms with Crippen LogP contribution in [0.4, 0.5) is 34.1 Å². The van der Waals surface area contributed by atoms with Crippen LogP contribution in [0, 0.1) is 0 Å². The molecule has 0 fully saturated rings. The Morgan fingerprint density at radius 2 is 0.561 bits per heavy atom. The molecule has 0 saturated carbocycles. The lowest BCUT2D eigenvalue weighted by molar-refractivity contribution is 0.660. The topological polar surface area (TPSA) is 6.48 Å². The van der Waals surface area contributed by atoms with Crippen LogP contribution in [-0.4, -0.2) is 0 Å². The van der Waals surface area contributed by atoms with Gasteiger partial charge >= 0.3 is 0 Å². The van der Waals surface area contributed by atoms with Crippen molar-refractivity contribution in [2.75, 3.05) is 9.80 Å². The van der Waals surface area contributed by atoms with Crippen molar-refractivity contribution in [3.05, 3.63) is 276 Å². The summed E-state index contributed by atoms with van der Waals surface area (Å²) in [7, 11) is 0. The van der Waals surface area contributed by atoms with Crippen LogP contribution < -0.4 is 9.80 Å². The predicted octanol–water partition coefficient (Wildman–Crippen LogP) is 16.9. The van der Waals surface area contributed by atoms with E-state index in [0.29, 0.717) is 0 Å². The van der Waals surface area contributed by atoms with Crippen LogP contribution in [0.15, 0.2) is 243 Å². The van der Waals surface area contributed by atoms with Gasteiger partial charge in [0.2, 0.25) is 0 Å². The molecule has 66 heavy (non-hydrogen) atoms. The summed E-state index contributed by atoms with van der Waals surface area (Å²) in [6, 6.07) is 90.0. The molecule has 0 saturated heterocycles. The SMILES string of the molecule is CC1(C)c2ccccc2-c2ccc(N(c3ccccc3)c3ccc4c(c3)C3(c5ccccc5-c5ccc(N(c6ccccc6)c6ccc(-c7ccccc7)cc6)cc53)c3ccccc3-4)cc21. The van der Waals surface area contributed by atoms with Gasteiger partial charge in [-0.15, -0.1) is 0 Å². The second-order valence-electron chi connectivity index (χ2n) is 18.5. The van der Waals surface area contributed by atoms with Gasteiger partial charge in [-0.25, -0.2) is 0 Å². The first-order valence-corrected chi connectivity index (χ1v) is 23.1. The molecule has 2 nitrogen and oxygen atoms in total. The molecule has 13 rings (SSSR count). The van der Waals surface area contributed by atoms with Gasteiger partial charge in [0, 0.05) is 39.5 Å². The average molecular weight is 843 g/mol. The molecule has 3 aliphatic rings.